The van der Waals surface area contributed by atoms with Gasteiger partial charge in [-0.15, -0.1) is 0 Å². The molecule has 1 heteroatoms. The summed E-state index contributed by atoms with van der Waals surface area (Å²) in [5.74, 6) is 0. The third-order valence-corrected chi connectivity index (χ3v) is 1.02. The molecule has 0 saturated heterocycles. The highest BCUT2D eigenvalue weighted by Gasteiger charge is 1.90. The Hall–Kier alpha value is -0.330. The summed E-state index contributed by atoms with van der Waals surface area (Å²) in [5.41, 5.74) is 0. The van der Waals surface area contributed by atoms with Crippen LogP contribution in [0.3, 0.4) is 0 Å². The van der Waals surface area contributed by atoms with Crippen LogP contribution in [0.5, 0.6) is 0 Å². The Kier molecular flexibility index (Phi) is 3.67. The average Bonchev–Trinajstić information content (AvgIpc) is 1.68. The van der Waals surface area contributed by atoms with E-state index < -0.39 is 0 Å². The van der Waals surface area contributed by atoms with Crippen molar-refractivity contribution in [2.45, 2.75) is 32.7 Å². The van der Waals surface area contributed by atoms with Crippen molar-refractivity contribution < 1.29 is 0 Å². The highest BCUT2D eigenvalue weighted by molar-refractivity contribution is 5.23. The van der Waals surface area contributed by atoms with Gasteiger partial charge in [0.05, 0.1) is 0 Å². The fourth-order valence-corrected chi connectivity index (χ4v) is 0.509. The topological polar surface area (TPSA) is 12.4 Å². The lowest BCUT2D eigenvalue weighted by Crippen LogP contribution is -1.93. The first-order chi connectivity index (χ1) is 3.31. The molecule has 1 nitrogen and oxygen atoms in total. The van der Waals surface area contributed by atoms with E-state index in [0.29, 0.717) is 6.04 Å². The first kappa shape index (κ1) is 6.67. The van der Waals surface area contributed by atoms with E-state index in [1.165, 1.54) is 12.8 Å². The van der Waals surface area contributed by atoms with E-state index >= 15 is 0 Å². The maximum Gasteiger partial charge on any atom is 0.0464 e. The second-order valence-electron chi connectivity index (χ2n) is 1.82. The quantitative estimate of drug-likeness (QED) is 0.479. The van der Waals surface area contributed by atoms with Crippen molar-refractivity contribution >= 4 is 6.72 Å². The molecule has 0 aliphatic carbocycles. The molecule has 0 rings (SSSR count). The largest absolute Gasteiger partial charge is 0.298 e. The highest BCUT2D eigenvalue weighted by Crippen LogP contribution is 1.96. The maximum absolute atomic E-state index is 3.83. The van der Waals surface area contributed by atoms with Crippen molar-refractivity contribution in [2.75, 3.05) is 0 Å². The van der Waals surface area contributed by atoms with Gasteiger partial charge in [0, 0.05) is 6.04 Å². The van der Waals surface area contributed by atoms with Gasteiger partial charge >= 0.3 is 0 Å². The van der Waals surface area contributed by atoms with Crippen molar-refractivity contribution in [3.05, 3.63) is 0 Å². The van der Waals surface area contributed by atoms with Crippen LogP contribution in [-0.2, 0) is 0 Å². The Morgan fingerprint density at radius 1 is 1.71 bits per heavy atom. The fraction of sp³-hybridized carbons (Fsp3) is 0.833. The van der Waals surface area contributed by atoms with E-state index in [4.69, 9.17) is 0 Å². The summed E-state index contributed by atoms with van der Waals surface area (Å²) in [6, 6.07) is 0.463. The summed E-state index contributed by atoms with van der Waals surface area (Å²) < 4.78 is 0. The van der Waals surface area contributed by atoms with Crippen molar-refractivity contribution in [1.82, 2.24) is 0 Å². The second-order valence-corrected chi connectivity index (χ2v) is 1.82. The SMILES string of the molecule is C=N[C@@H](C)CCC. The molecule has 0 spiro atoms. The Bertz CT molecular complexity index is 50.1. The summed E-state index contributed by atoms with van der Waals surface area (Å²) in [7, 11) is 0. The highest BCUT2D eigenvalue weighted by atomic mass is 14.7. The minimum atomic E-state index is 0.463. The summed E-state index contributed by atoms with van der Waals surface area (Å²) in [4.78, 5) is 3.83. The predicted octanol–water partition coefficient (Wildman–Crippen LogP) is 1.88. The molecule has 0 aliphatic heterocycles. The van der Waals surface area contributed by atoms with Crippen LogP contribution < -0.4 is 0 Å². The molecule has 0 unspecified atom stereocenters. The molecule has 0 fully saturated rings. The number of nitrogens with zero attached hydrogens (tertiary/aromatic N) is 1. The minimum absolute atomic E-state index is 0.463. The fourth-order valence-electron chi connectivity index (χ4n) is 0.509. The first-order valence-electron chi connectivity index (χ1n) is 2.77. The monoisotopic (exact) mass is 99.1 g/mol. The molecule has 42 valence electrons. The molecule has 0 aromatic carbocycles. The summed E-state index contributed by atoms with van der Waals surface area (Å²) in [5, 5.41) is 0. The van der Waals surface area contributed by atoms with Gasteiger partial charge in [-0.3, -0.25) is 4.99 Å². The van der Waals surface area contributed by atoms with Crippen molar-refractivity contribution in [2.24, 2.45) is 4.99 Å². The van der Waals surface area contributed by atoms with Crippen LogP contribution in [0, 0.1) is 0 Å². The van der Waals surface area contributed by atoms with Gasteiger partial charge in [-0.05, 0) is 20.1 Å². The Morgan fingerprint density at radius 2 is 2.29 bits per heavy atom. The zero-order valence-corrected chi connectivity index (χ0v) is 5.15. The van der Waals surface area contributed by atoms with E-state index in [1.54, 1.807) is 0 Å². The molecule has 0 saturated carbocycles. The molecule has 7 heavy (non-hydrogen) atoms. The van der Waals surface area contributed by atoms with E-state index in [2.05, 4.69) is 25.6 Å². The second kappa shape index (κ2) is 3.85. The third kappa shape index (κ3) is 3.50. The maximum atomic E-state index is 3.83. The summed E-state index contributed by atoms with van der Waals surface area (Å²) in [6.45, 7) is 7.66. The smallest absolute Gasteiger partial charge is 0.0464 e. The van der Waals surface area contributed by atoms with Gasteiger partial charge in [-0.25, -0.2) is 0 Å². The van der Waals surface area contributed by atoms with Crippen LogP contribution in [0.4, 0.5) is 0 Å². The zero-order valence-electron chi connectivity index (χ0n) is 5.15. The van der Waals surface area contributed by atoms with Gasteiger partial charge in [-0.2, -0.15) is 0 Å². The minimum Gasteiger partial charge on any atom is -0.298 e. The van der Waals surface area contributed by atoms with Gasteiger partial charge in [-0.1, -0.05) is 13.3 Å². The molecule has 0 N–H and O–H groups in total. The van der Waals surface area contributed by atoms with Crippen LogP contribution in [0.2, 0.25) is 0 Å². The Labute approximate surface area is 45.5 Å². The zero-order chi connectivity index (χ0) is 5.70. The molecule has 0 heterocycles. The first-order valence-corrected chi connectivity index (χ1v) is 2.77. The number of hydrogen-bond donors (Lipinski definition) is 0. The standard InChI is InChI=1S/C6H13N/c1-4-5-6(2)7-3/h6H,3-5H2,1-2H3/t6-/m0/s1. The molecule has 0 radical (unpaired) electrons. The number of rotatable bonds is 3. The number of hydrogen-bond acceptors (Lipinski definition) is 1. The van der Waals surface area contributed by atoms with Gasteiger partial charge in [0.2, 0.25) is 0 Å². The lowest BCUT2D eigenvalue weighted by molar-refractivity contribution is 0.659. The molecule has 0 aromatic heterocycles. The lowest BCUT2D eigenvalue weighted by Gasteiger charge is -1.98. The third-order valence-electron chi connectivity index (χ3n) is 1.02. The van der Waals surface area contributed by atoms with E-state index in [0.717, 1.165) is 0 Å². The normalized spacial score (nSPS) is 13.4. The molecule has 0 aliphatic rings. The molecular formula is C6H13N. The number of aliphatic imine (C=N–C) groups is 1. The van der Waals surface area contributed by atoms with Crippen molar-refractivity contribution in [3.63, 3.8) is 0 Å². The Balaban J connectivity index is 2.98. The summed E-state index contributed by atoms with van der Waals surface area (Å²) >= 11 is 0. The van der Waals surface area contributed by atoms with Gasteiger partial charge in [0.1, 0.15) is 0 Å². The van der Waals surface area contributed by atoms with Crippen LogP contribution in [-0.4, -0.2) is 12.8 Å². The van der Waals surface area contributed by atoms with E-state index in [9.17, 15) is 0 Å². The van der Waals surface area contributed by atoms with Gasteiger partial charge in [0.15, 0.2) is 0 Å². The van der Waals surface area contributed by atoms with Crippen molar-refractivity contribution in [3.8, 4) is 0 Å². The van der Waals surface area contributed by atoms with E-state index in [1.807, 2.05) is 0 Å². The molecule has 1 atom stereocenters. The molecule has 0 aromatic rings. The van der Waals surface area contributed by atoms with E-state index in [-0.39, 0.29) is 0 Å². The Morgan fingerprint density at radius 3 is 2.43 bits per heavy atom. The lowest BCUT2D eigenvalue weighted by atomic mass is 10.2. The summed E-state index contributed by atoms with van der Waals surface area (Å²) in [6.07, 6.45) is 2.38. The van der Waals surface area contributed by atoms with Crippen LogP contribution in [0.15, 0.2) is 4.99 Å². The molecule has 0 amide bonds. The predicted molar refractivity (Wildman–Crippen MR) is 33.9 cm³/mol. The van der Waals surface area contributed by atoms with Gasteiger partial charge < -0.3 is 0 Å². The van der Waals surface area contributed by atoms with Gasteiger partial charge in [0.25, 0.3) is 0 Å². The molecular weight excluding hydrogens is 86.1 g/mol. The van der Waals surface area contributed by atoms with Crippen LogP contribution >= 0.6 is 0 Å². The van der Waals surface area contributed by atoms with Crippen LogP contribution in [0.25, 0.3) is 0 Å². The van der Waals surface area contributed by atoms with Crippen molar-refractivity contribution in [1.29, 1.82) is 0 Å². The molecule has 0 bridgehead atoms. The van der Waals surface area contributed by atoms with Crippen LogP contribution in [0.1, 0.15) is 26.7 Å². The average molecular weight is 99.2 g/mol.